The Kier molecular flexibility index (Phi) is 4.48. The third-order valence-electron chi connectivity index (χ3n) is 3.53. The highest BCUT2D eigenvalue weighted by Crippen LogP contribution is 2.43. The van der Waals surface area contributed by atoms with Crippen molar-refractivity contribution in [3.05, 3.63) is 41.4 Å². The Labute approximate surface area is 143 Å². The van der Waals surface area contributed by atoms with E-state index in [2.05, 4.69) is 4.40 Å². The van der Waals surface area contributed by atoms with E-state index in [9.17, 15) is 13.2 Å². The zero-order valence-electron chi connectivity index (χ0n) is 11.7. The lowest BCUT2D eigenvalue weighted by molar-refractivity contribution is -0.117. The van der Waals surface area contributed by atoms with Gasteiger partial charge < -0.3 is 0 Å². The highest BCUT2D eigenvalue weighted by Gasteiger charge is 2.54. The number of carbonyl (C=O) groups excluding carboxylic acids is 1. The summed E-state index contributed by atoms with van der Waals surface area (Å²) < 4.78 is 28.4. The molecule has 0 aliphatic heterocycles. The molecule has 0 heterocycles. The number of hydrogen-bond acceptors (Lipinski definition) is 3. The van der Waals surface area contributed by atoms with Gasteiger partial charge in [-0.2, -0.15) is 12.8 Å². The molecule has 0 N–H and O–H groups in total. The summed E-state index contributed by atoms with van der Waals surface area (Å²) in [5, 5.41) is -0.211. The first-order valence-electron chi connectivity index (χ1n) is 6.20. The second-order valence-electron chi connectivity index (χ2n) is 5.09. The summed E-state index contributed by atoms with van der Waals surface area (Å²) in [7, 11) is -3.99. The second kappa shape index (κ2) is 5.64. The Morgan fingerprint density at radius 2 is 1.59 bits per heavy atom. The summed E-state index contributed by atoms with van der Waals surface area (Å²) in [5.41, 5.74) is -0.0832. The highest BCUT2D eigenvalue weighted by atomic mass is 35.5. The van der Waals surface area contributed by atoms with E-state index >= 15 is 0 Å². The predicted octanol–water partition coefficient (Wildman–Crippen LogP) is 3.52. The predicted molar refractivity (Wildman–Crippen MR) is 88.5 cm³/mol. The fourth-order valence-corrected chi connectivity index (χ4v) is 3.76. The Bertz CT molecular complexity index is 781. The van der Waals surface area contributed by atoms with Crippen LogP contribution in [0.1, 0.15) is 13.8 Å². The van der Waals surface area contributed by atoms with Crippen LogP contribution in [0.15, 0.2) is 50.7 Å². The van der Waals surface area contributed by atoms with Crippen molar-refractivity contribution in [2.45, 2.75) is 28.5 Å². The number of allylic oxidation sites excluding steroid dienone is 2. The van der Waals surface area contributed by atoms with E-state index in [1.165, 1.54) is 26.0 Å². The minimum Gasteiger partial charge on any atom is -0.291 e. The highest BCUT2D eigenvalue weighted by molar-refractivity contribution is 7.90. The summed E-state index contributed by atoms with van der Waals surface area (Å²) in [6, 6.07) is 7.65. The van der Waals surface area contributed by atoms with Crippen LogP contribution in [-0.2, 0) is 14.8 Å². The van der Waals surface area contributed by atoms with Crippen LogP contribution in [0.5, 0.6) is 0 Å². The molecule has 8 heteroatoms. The monoisotopic (exact) mass is 379 g/mol. The second-order valence-corrected chi connectivity index (χ2v) is 8.62. The van der Waals surface area contributed by atoms with E-state index in [1.807, 2.05) is 0 Å². The van der Waals surface area contributed by atoms with Crippen molar-refractivity contribution in [2.24, 2.45) is 4.40 Å². The van der Waals surface area contributed by atoms with Gasteiger partial charge in [0.1, 0.15) is 9.75 Å². The Morgan fingerprint density at radius 3 is 2.14 bits per heavy atom. The zero-order valence-corrected chi connectivity index (χ0v) is 14.8. The van der Waals surface area contributed by atoms with Crippen LogP contribution in [0.2, 0.25) is 0 Å². The number of nitrogens with zero attached hydrogens (tertiary/aromatic N) is 1. The molecule has 0 amide bonds. The molecule has 1 aliphatic rings. The number of rotatable bonds is 2. The third kappa shape index (κ3) is 2.83. The maximum atomic E-state index is 12.3. The minimum absolute atomic E-state index is 0.00710. The molecule has 0 unspecified atom stereocenters. The fourth-order valence-electron chi connectivity index (χ4n) is 1.89. The van der Waals surface area contributed by atoms with Gasteiger partial charge in [0.25, 0.3) is 10.0 Å². The van der Waals surface area contributed by atoms with E-state index < -0.39 is 25.6 Å². The fraction of sp³-hybridized carbons (Fsp3) is 0.286. The lowest BCUT2D eigenvalue weighted by Crippen LogP contribution is -2.55. The van der Waals surface area contributed by atoms with Crippen molar-refractivity contribution in [3.8, 4) is 0 Å². The maximum absolute atomic E-state index is 12.3. The van der Waals surface area contributed by atoms with Gasteiger partial charge in [-0.1, -0.05) is 29.8 Å². The Hall–Kier alpha value is -0.880. The standard InChI is InChI=1S/C14H12Cl3NO3S/c1-13(16)11(8-10(15)12(19)14(13,2)17)18-22(20,21)9-6-4-3-5-7-9/h3-8H,1-2H3/t13-,14-/m1/s1. The van der Waals surface area contributed by atoms with Crippen molar-refractivity contribution >= 4 is 56.3 Å². The summed E-state index contributed by atoms with van der Waals surface area (Å²) in [5.74, 6) is -0.579. The molecule has 22 heavy (non-hydrogen) atoms. The number of carbonyl (C=O) groups is 1. The Balaban J connectivity index is 2.63. The molecule has 0 saturated heterocycles. The maximum Gasteiger partial charge on any atom is 0.282 e. The molecule has 0 radical (unpaired) electrons. The first-order valence-corrected chi connectivity index (χ1v) is 8.78. The van der Waals surface area contributed by atoms with Gasteiger partial charge in [0.2, 0.25) is 0 Å². The average molecular weight is 381 g/mol. The number of ketones is 1. The van der Waals surface area contributed by atoms with Gasteiger partial charge in [-0.3, -0.25) is 4.79 Å². The number of Topliss-reactive ketones (excluding diaryl/α,β-unsaturated/α-hetero) is 1. The SMILES string of the molecule is C[C@@]1(Cl)C(=O)C(Cl)=CC(=NS(=O)(=O)c2ccccc2)[C@@]1(C)Cl. The van der Waals surface area contributed by atoms with Crippen molar-refractivity contribution in [3.63, 3.8) is 0 Å². The van der Waals surface area contributed by atoms with Gasteiger partial charge in [0.15, 0.2) is 5.78 Å². The molecule has 0 saturated carbocycles. The minimum atomic E-state index is -3.99. The molecule has 1 aromatic rings. The molecule has 1 aliphatic carbocycles. The van der Waals surface area contributed by atoms with Gasteiger partial charge in [0, 0.05) is 0 Å². The van der Waals surface area contributed by atoms with Crippen LogP contribution in [0.3, 0.4) is 0 Å². The molecule has 0 aromatic heterocycles. The van der Waals surface area contributed by atoms with Crippen LogP contribution in [0.25, 0.3) is 0 Å². The van der Waals surface area contributed by atoms with Crippen LogP contribution in [0, 0.1) is 0 Å². The largest absolute Gasteiger partial charge is 0.291 e. The smallest absolute Gasteiger partial charge is 0.282 e. The third-order valence-corrected chi connectivity index (χ3v) is 6.33. The van der Waals surface area contributed by atoms with Crippen LogP contribution in [-0.4, -0.2) is 29.7 Å². The van der Waals surface area contributed by atoms with Gasteiger partial charge in [-0.05, 0) is 32.1 Å². The molecule has 118 valence electrons. The summed E-state index contributed by atoms with van der Waals surface area (Å²) >= 11 is 18.4. The van der Waals surface area contributed by atoms with Crippen molar-refractivity contribution in [2.75, 3.05) is 0 Å². The first-order chi connectivity index (χ1) is 10.00. The van der Waals surface area contributed by atoms with Crippen LogP contribution < -0.4 is 0 Å². The van der Waals surface area contributed by atoms with E-state index in [0.29, 0.717) is 0 Å². The van der Waals surface area contributed by atoms with Crippen LogP contribution in [0.4, 0.5) is 0 Å². The quantitative estimate of drug-likeness (QED) is 0.737. The molecule has 2 atom stereocenters. The van der Waals surface area contributed by atoms with Gasteiger partial charge in [0.05, 0.1) is 15.6 Å². The van der Waals surface area contributed by atoms with E-state index in [4.69, 9.17) is 34.8 Å². The number of benzene rings is 1. The molecule has 4 nitrogen and oxygen atoms in total. The number of halogens is 3. The average Bonchev–Trinajstić information content (AvgIpc) is 2.44. The molecule has 0 spiro atoms. The number of alkyl halides is 2. The molecule has 0 bridgehead atoms. The van der Waals surface area contributed by atoms with Crippen LogP contribution >= 0.6 is 34.8 Å². The van der Waals surface area contributed by atoms with Gasteiger partial charge in [-0.25, -0.2) is 0 Å². The molecular weight excluding hydrogens is 369 g/mol. The summed E-state index contributed by atoms with van der Waals surface area (Å²) in [6.07, 6.45) is 1.14. The summed E-state index contributed by atoms with van der Waals surface area (Å²) in [6.45, 7) is 2.81. The van der Waals surface area contributed by atoms with Crippen molar-refractivity contribution in [1.82, 2.24) is 0 Å². The van der Waals surface area contributed by atoms with Crippen molar-refractivity contribution < 1.29 is 13.2 Å². The van der Waals surface area contributed by atoms with Crippen molar-refractivity contribution in [1.29, 1.82) is 0 Å². The van der Waals surface area contributed by atoms with Gasteiger partial charge in [-0.15, -0.1) is 23.2 Å². The topological polar surface area (TPSA) is 63.6 Å². The normalized spacial score (nSPS) is 31.2. The lowest BCUT2D eigenvalue weighted by atomic mass is 9.81. The molecular formula is C14H12Cl3NO3S. The first kappa shape index (κ1) is 17.5. The molecule has 2 rings (SSSR count). The molecule has 0 fully saturated rings. The van der Waals surface area contributed by atoms with Gasteiger partial charge >= 0.3 is 0 Å². The van der Waals surface area contributed by atoms with E-state index in [0.717, 1.165) is 6.08 Å². The number of sulfonamides is 1. The van der Waals surface area contributed by atoms with E-state index in [1.54, 1.807) is 18.2 Å². The van der Waals surface area contributed by atoms with E-state index in [-0.39, 0.29) is 15.6 Å². The lowest BCUT2D eigenvalue weighted by Gasteiger charge is -2.38. The Morgan fingerprint density at radius 1 is 1.05 bits per heavy atom. The zero-order chi connectivity index (χ0) is 16.8. The summed E-state index contributed by atoms with van der Waals surface area (Å²) in [4.78, 5) is 8.90. The molecule has 1 aromatic carbocycles. The number of hydrogen-bond donors (Lipinski definition) is 0.